The van der Waals surface area contributed by atoms with Gasteiger partial charge >= 0.3 is 0 Å². The minimum atomic E-state index is -0.776. The van der Waals surface area contributed by atoms with Crippen LogP contribution in [0.3, 0.4) is 0 Å². The van der Waals surface area contributed by atoms with Crippen LogP contribution in [0.4, 0.5) is 5.69 Å². The van der Waals surface area contributed by atoms with Crippen molar-refractivity contribution in [3.8, 4) is 5.75 Å². The molecular formula is C26H22BrNO4. The number of rotatable bonds is 6. The first-order valence-corrected chi connectivity index (χ1v) is 11.0. The number of carbonyl (C=O) groups excluding carboxylic acids is 2. The van der Waals surface area contributed by atoms with Gasteiger partial charge in [-0.3, -0.25) is 9.59 Å². The topological polar surface area (TPSA) is 68.5 Å². The summed E-state index contributed by atoms with van der Waals surface area (Å²) in [4.78, 5) is 26.1. The number of ether oxygens (including phenoxy) is 1. The van der Waals surface area contributed by atoms with Crippen LogP contribution < -0.4 is 10.1 Å². The lowest BCUT2D eigenvalue weighted by atomic mass is 10.1. The van der Waals surface area contributed by atoms with Crippen LogP contribution in [0.5, 0.6) is 5.75 Å². The number of nitrogens with one attached hydrogen (secondary N) is 1. The second-order valence-electron chi connectivity index (χ2n) is 7.63. The molecule has 6 heteroatoms. The highest BCUT2D eigenvalue weighted by Gasteiger charge is 2.25. The molecule has 0 aliphatic carbocycles. The fourth-order valence-corrected chi connectivity index (χ4v) is 3.60. The third-order valence-electron chi connectivity index (χ3n) is 5.32. The van der Waals surface area contributed by atoms with E-state index < -0.39 is 6.10 Å². The molecule has 4 aromatic rings. The lowest BCUT2D eigenvalue weighted by molar-refractivity contribution is -0.122. The Morgan fingerprint density at radius 1 is 0.969 bits per heavy atom. The van der Waals surface area contributed by atoms with Gasteiger partial charge in [-0.2, -0.15) is 0 Å². The van der Waals surface area contributed by atoms with E-state index in [4.69, 9.17) is 9.15 Å². The largest absolute Gasteiger partial charge is 0.481 e. The maximum Gasteiger partial charge on any atom is 0.265 e. The molecule has 1 atom stereocenters. The van der Waals surface area contributed by atoms with Crippen molar-refractivity contribution in [3.63, 3.8) is 0 Å². The lowest BCUT2D eigenvalue weighted by Crippen LogP contribution is -2.30. The van der Waals surface area contributed by atoms with Crippen molar-refractivity contribution in [1.29, 1.82) is 0 Å². The molecule has 0 saturated carbocycles. The number of ketones is 1. The molecule has 32 heavy (non-hydrogen) atoms. The zero-order valence-electron chi connectivity index (χ0n) is 17.9. The number of carbonyl (C=O) groups is 2. The third kappa shape index (κ3) is 4.46. The summed E-state index contributed by atoms with van der Waals surface area (Å²) in [6, 6.07) is 19.9. The molecule has 162 valence electrons. The summed E-state index contributed by atoms with van der Waals surface area (Å²) in [6.45, 7) is 5.68. The van der Waals surface area contributed by atoms with E-state index in [9.17, 15) is 9.59 Å². The third-order valence-corrected chi connectivity index (χ3v) is 5.85. The van der Waals surface area contributed by atoms with Crippen molar-refractivity contribution in [1.82, 2.24) is 0 Å². The Morgan fingerprint density at radius 2 is 1.69 bits per heavy atom. The van der Waals surface area contributed by atoms with Gasteiger partial charge in [-0.15, -0.1) is 0 Å². The van der Waals surface area contributed by atoms with Crippen molar-refractivity contribution in [2.75, 3.05) is 5.32 Å². The first kappa shape index (κ1) is 21.8. The van der Waals surface area contributed by atoms with Gasteiger partial charge in [-0.1, -0.05) is 34.1 Å². The predicted octanol–water partition coefficient (Wildman–Crippen LogP) is 6.45. The number of para-hydroxylation sites is 1. The minimum Gasteiger partial charge on any atom is -0.481 e. The summed E-state index contributed by atoms with van der Waals surface area (Å²) in [5.74, 6) is 0.00517. The van der Waals surface area contributed by atoms with E-state index in [1.54, 1.807) is 37.3 Å². The number of amides is 1. The molecule has 1 amide bonds. The normalized spacial score (nSPS) is 11.9. The number of fused-ring (bicyclic) bond motifs is 1. The molecule has 1 N–H and O–H groups in total. The minimum absolute atomic E-state index is 0.0836. The van der Waals surface area contributed by atoms with E-state index in [1.165, 1.54) is 0 Å². The molecule has 5 nitrogen and oxygen atoms in total. The molecule has 0 spiro atoms. The Hall–Kier alpha value is -3.38. The number of benzene rings is 3. The summed E-state index contributed by atoms with van der Waals surface area (Å²) >= 11 is 3.37. The van der Waals surface area contributed by atoms with Gasteiger partial charge in [0, 0.05) is 15.4 Å². The Balaban J connectivity index is 1.63. The van der Waals surface area contributed by atoms with E-state index in [0.29, 0.717) is 28.0 Å². The SMILES string of the molecule is Cc1ccc(O[C@@H](C)C(=O)Nc2c(C(=O)c3ccc(Br)cc3)oc3ccccc23)cc1C. The summed E-state index contributed by atoms with van der Waals surface area (Å²) < 4.78 is 12.6. The standard InChI is InChI=1S/C26H22BrNO4/c1-15-8-13-20(14-16(15)2)31-17(3)26(30)28-23-21-6-4-5-7-22(21)32-25(23)24(29)18-9-11-19(27)12-10-18/h4-14,17H,1-3H3,(H,28,30)/t17-/m0/s1. The van der Waals surface area contributed by atoms with Crippen LogP contribution >= 0.6 is 15.9 Å². The van der Waals surface area contributed by atoms with Crippen molar-refractivity contribution < 1.29 is 18.7 Å². The average molecular weight is 492 g/mol. The maximum atomic E-state index is 13.2. The van der Waals surface area contributed by atoms with Crippen LogP contribution in [0.1, 0.15) is 34.2 Å². The molecule has 1 heterocycles. The van der Waals surface area contributed by atoms with Crippen molar-refractivity contribution in [3.05, 3.63) is 93.7 Å². The lowest BCUT2D eigenvalue weighted by Gasteiger charge is -2.15. The van der Waals surface area contributed by atoms with E-state index in [1.807, 2.05) is 50.2 Å². The molecule has 3 aromatic carbocycles. The molecule has 0 fully saturated rings. The van der Waals surface area contributed by atoms with Crippen LogP contribution in [0.15, 0.2) is 75.6 Å². The Labute approximate surface area is 194 Å². The zero-order valence-corrected chi connectivity index (χ0v) is 19.5. The summed E-state index contributed by atoms with van der Waals surface area (Å²) in [7, 11) is 0. The molecule has 0 aliphatic heterocycles. The van der Waals surface area contributed by atoms with E-state index in [0.717, 1.165) is 15.6 Å². The van der Waals surface area contributed by atoms with Crippen molar-refractivity contribution >= 4 is 44.3 Å². The molecule has 0 saturated heterocycles. The number of hydrogen-bond donors (Lipinski definition) is 1. The maximum absolute atomic E-state index is 13.2. The predicted molar refractivity (Wildman–Crippen MR) is 128 cm³/mol. The van der Waals surface area contributed by atoms with Crippen LogP contribution in [0, 0.1) is 13.8 Å². The molecule has 4 rings (SSSR count). The highest BCUT2D eigenvalue weighted by molar-refractivity contribution is 9.10. The van der Waals surface area contributed by atoms with Gasteiger partial charge in [0.1, 0.15) is 11.3 Å². The van der Waals surface area contributed by atoms with Gasteiger partial charge in [-0.05, 0) is 80.4 Å². The molecule has 0 unspecified atom stereocenters. The number of halogens is 1. The van der Waals surface area contributed by atoms with Crippen LogP contribution in [-0.2, 0) is 4.79 Å². The summed E-state index contributed by atoms with van der Waals surface area (Å²) in [5.41, 5.74) is 3.55. The van der Waals surface area contributed by atoms with E-state index >= 15 is 0 Å². The van der Waals surface area contributed by atoms with Gasteiger partial charge in [0.15, 0.2) is 11.9 Å². The van der Waals surface area contributed by atoms with E-state index in [2.05, 4.69) is 21.2 Å². The zero-order chi connectivity index (χ0) is 22.8. The van der Waals surface area contributed by atoms with Crippen LogP contribution in [-0.4, -0.2) is 17.8 Å². The van der Waals surface area contributed by atoms with Gasteiger partial charge in [0.25, 0.3) is 5.91 Å². The molecular weight excluding hydrogens is 470 g/mol. The fourth-order valence-electron chi connectivity index (χ4n) is 3.33. The van der Waals surface area contributed by atoms with E-state index in [-0.39, 0.29) is 17.5 Å². The van der Waals surface area contributed by atoms with Crippen LogP contribution in [0.25, 0.3) is 11.0 Å². The second kappa shape index (κ2) is 9.01. The molecule has 0 aliphatic rings. The molecule has 0 bridgehead atoms. The number of anilines is 1. The number of hydrogen-bond acceptors (Lipinski definition) is 4. The Bertz CT molecular complexity index is 1310. The van der Waals surface area contributed by atoms with Crippen molar-refractivity contribution in [2.24, 2.45) is 0 Å². The second-order valence-corrected chi connectivity index (χ2v) is 8.55. The van der Waals surface area contributed by atoms with Gasteiger partial charge in [0.2, 0.25) is 5.78 Å². The summed E-state index contributed by atoms with van der Waals surface area (Å²) in [6.07, 6.45) is -0.776. The quantitative estimate of drug-likeness (QED) is 0.314. The van der Waals surface area contributed by atoms with Gasteiger partial charge in [0.05, 0.1) is 5.69 Å². The number of furan rings is 1. The van der Waals surface area contributed by atoms with Gasteiger partial charge < -0.3 is 14.5 Å². The monoisotopic (exact) mass is 491 g/mol. The molecule has 1 aromatic heterocycles. The van der Waals surface area contributed by atoms with Crippen LogP contribution in [0.2, 0.25) is 0 Å². The average Bonchev–Trinajstić information content (AvgIpc) is 3.14. The number of aryl methyl sites for hydroxylation is 2. The smallest absolute Gasteiger partial charge is 0.265 e. The highest BCUT2D eigenvalue weighted by atomic mass is 79.9. The highest BCUT2D eigenvalue weighted by Crippen LogP contribution is 2.33. The Morgan fingerprint density at radius 3 is 2.41 bits per heavy atom. The first-order valence-electron chi connectivity index (χ1n) is 10.2. The van der Waals surface area contributed by atoms with Gasteiger partial charge in [-0.25, -0.2) is 0 Å². The first-order chi connectivity index (χ1) is 15.3. The van der Waals surface area contributed by atoms with Crippen molar-refractivity contribution in [2.45, 2.75) is 26.9 Å². The molecule has 0 radical (unpaired) electrons. The summed E-state index contributed by atoms with van der Waals surface area (Å²) in [5, 5.41) is 3.51. The fraction of sp³-hybridized carbons (Fsp3) is 0.154. The Kier molecular flexibility index (Phi) is 6.15.